The van der Waals surface area contributed by atoms with Crippen LogP contribution in [0.4, 0.5) is 23.4 Å². The van der Waals surface area contributed by atoms with Crippen LogP contribution in [0, 0.1) is 12.7 Å². The molecule has 2 heterocycles. The van der Waals surface area contributed by atoms with Crippen molar-refractivity contribution in [2.24, 2.45) is 5.73 Å². The van der Waals surface area contributed by atoms with E-state index in [0.29, 0.717) is 27.4 Å². The van der Waals surface area contributed by atoms with Gasteiger partial charge in [0, 0.05) is 11.5 Å². The molecule has 0 saturated carbocycles. The van der Waals surface area contributed by atoms with E-state index >= 15 is 0 Å². The molecule has 0 unspecified atom stereocenters. The molecule has 5 nitrogen and oxygen atoms in total. The summed E-state index contributed by atoms with van der Waals surface area (Å²) in [6.07, 6.45) is -4.63. The predicted molar refractivity (Wildman–Crippen MR) is 103 cm³/mol. The zero-order chi connectivity index (χ0) is 21.6. The number of para-hydroxylation sites is 1. The molecule has 156 valence electrons. The molecule has 0 saturated heterocycles. The van der Waals surface area contributed by atoms with Crippen molar-refractivity contribution in [1.29, 1.82) is 0 Å². The molecule has 30 heavy (non-hydrogen) atoms. The van der Waals surface area contributed by atoms with Gasteiger partial charge in [0.1, 0.15) is 18.2 Å². The summed E-state index contributed by atoms with van der Waals surface area (Å²) in [6.45, 7) is 0.170. The maximum atomic E-state index is 13.4. The summed E-state index contributed by atoms with van der Waals surface area (Å²) < 4.78 is 54.8. The van der Waals surface area contributed by atoms with Crippen LogP contribution >= 0.6 is 0 Å². The van der Waals surface area contributed by atoms with E-state index < -0.39 is 36.4 Å². The van der Waals surface area contributed by atoms with Crippen LogP contribution in [0.2, 0.25) is 0 Å². The van der Waals surface area contributed by atoms with Gasteiger partial charge in [0.15, 0.2) is 0 Å². The molecule has 4 rings (SSSR count). The molecule has 1 amide bonds. The highest BCUT2D eigenvalue weighted by Gasteiger charge is 2.46. The van der Waals surface area contributed by atoms with E-state index in [4.69, 9.17) is 5.73 Å². The second-order valence-electron chi connectivity index (χ2n) is 7.16. The molecule has 2 N–H and O–H groups in total. The van der Waals surface area contributed by atoms with Crippen molar-refractivity contribution in [3.05, 3.63) is 77.2 Å². The molecule has 0 spiro atoms. The van der Waals surface area contributed by atoms with Gasteiger partial charge in [-0.25, -0.2) is 9.07 Å². The predicted octanol–water partition coefficient (Wildman–Crippen LogP) is 3.69. The summed E-state index contributed by atoms with van der Waals surface area (Å²) in [4.78, 5) is 13.6. The first-order valence-corrected chi connectivity index (χ1v) is 9.21. The van der Waals surface area contributed by atoms with Crippen molar-refractivity contribution in [3.63, 3.8) is 0 Å². The summed E-state index contributed by atoms with van der Waals surface area (Å²) in [5, 5.41) is 4.43. The second-order valence-corrected chi connectivity index (χ2v) is 7.16. The lowest BCUT2D eigenvalue weighted by Crippen LogP contribution is -2.54. The Bertz CT molecular complexity index is 1080. The van der Waals surface area contributed by atoms with E-state index in [2.05, 4.69) is 5.10 Å². The number of carbonyl (C=O) groups excluding carboxylic acids is 1. The number of benzene rings is 2. The Kier molecular flexibility index (Phi) is 4.85. The molecule has 2 aromatic carbocycles. The highest BCUT2D eigenvalue weighted by atomic mass is 19.4. The van der Waals surface area contributed by atoms with E-state index in [0.717, 1.165) is 0 Å². The monoisotopic (exact) mass is 418 g/mol. The topological polar surface area (TPSA) is 64.2 Å². The molecule has 0 radical (unpaired) electrons. The normalized spacial score (nSPS) is 19.1. The molecule has 0 bridgehead atoms. The molecule has 9 heteroatoms. The molecule has 0 fully saturated rings. The first-order valence-electron chi connectivity index (χ1n) is 9.21. The van der Waals surface area contributed by atoms with Crippen LogP contribution in [-0.2, 0) is 4.79 Å². The zero-order valence-electron chi connectivity index (χ0n) is 15.9. The smallest absolute Gasteiger partial charge is 0.319 e. The van der Waals surface area contributed by atoms with Crippen molar-refractivity contribution in [1.82, 2.24) is 9.78 Å². The number of hydrogen-bond donors (Lipinski definition) is 1. The van der Waals surface area contributed by atoms with E-state index in [9.17, 15) is 22.4 Å². The number of fused-ring (bicyclic) bond motifs is 1. The van der Waals surface area contributed by atoms with Gasteiger partial charge in [-0.15, -0.1) is 0 Å². The number of nitrogens with zero attached hydrogens (tertiary/aromatic N) is 3. The number of aryl methyl sites for hydroxylation is 1. The molecular formula is C21H18F4N4O. The van der Waals surface area contributed by atoms with Gasteiger partial charge in [0.05, 0.1) is 17.4 Å². The van der Waals surface area contributed by atoms with Gasteiger partial charge >= 0.3 is 6.18 Å². The number of hydrogen-bond acceptors (Lipinski definition) is 3. The summed E-state index contributed by atoms with van der Waals surface area (Å²) in [5.74, 6) is -2.07. The van der Waals surface area contributed by atoms with Gasteiger partial charge in [-0.3, -0.25) is 9.69 Å². The third-order valence-corrected chi connectivity index (χ3v) is 5.13. The largest absolute Gasteiger partial charge is 0.406 e. The number of halogens is 4. The highest BCUT2D eigenvalue weighted by Crippen LogP contribution is 2.43. The van der Waals surface area contributed by atoms with Crippen molar-refractivity contribution in [3.8, 4) is 5.69 Å². The quantitative estimate of drug-likeness (QED) is 0.660. The zero-order valence-corrected chi connectivity index (χ0v) is 15.9. The third-order valence-electron chi connectivity index (χ3n) is 5.13. The lowest BCUT2D eigenvalue weighted by molar-refractivity contribution is -0.134. The minimum Gasteiger partial charge on any atom is -0.319 e. The first kappa shape index (κ1) is 20.1. The van der Waals surface area contributed by atoms with Gasteiger partial charge < -0.3 is 5.73 Å². The molecule has 1 aliphatic rings. The molecule has 0 aliphatic carbocycles. The number of rotatable bonds is 3. The fourth-order valence-electron chi connectivity index (χ4n) is 3.88. The fraction of sp³-hybridized carbons (Fsp3) is 0.238. The summed E-state index contributed by atoms with van der Waals surface area (Å²) in [7, 11) is 0. The fourth-order valence-corrected chi connectivity index (χ4v) is 3.88. The Hall–Kier alpha value is -3.20. The molecule has 1 aromatic heterocycles. The van der Waals surface area contributed by atoms with Gasteiger partial charge in [0.2, 0.25) is 5.91 Å². The SMILES string of the molecule is Cc1nn(-c2ccccc2)c2c1[C@H](c1ccc(F)cc1)[C@H](N)C(=O)N2CC(F)(F)F. The number of carbonyl (C=O) groups is 1. The number of nitrogens with two attached hydrogens (primary N) is 1. The second kappa shape index (κ2) is 7.24. The average molecular weight is 418 g/mol. The minimum atomic E-state index is -4.63. The molecule has 1 aliphatic heterocycles. The summed E-state index contributed by atoms with van der Waals surface area (Å²) >= 11 is 0. The third kappa shape index (κ3) is 3.45. The number of amides is 1. The van der Waals surface area contributed by atoms with E-state index in [-0.39, 0.29) is 5.82 Å². The first-order chi connectivity index (χ1) is 14.2. The van der Waals surface area contributed by atoms with E-state index in [1.54, 1.807) is 37.3 Å². The Labute approximate surface area is 169 Å². The van der Waals surface area contributed by atoms with Crippen molar-refractivity contribution < 1.29 is 22.4 Å². The average Bonchev–Trinajstić information content (AvgIpc) is 3.04. The van der Waals surface area contributed by atoms with Crippen molar-refractivity contribution in [2.75, 3.05) is 11.4 Å². The van der Waals surface area contributed by atoms with Gasteiger partial charge in [-0.2, -0.15) is 18.3 Å². The van der Waals surface area contributed by atoms with Gasteiger partial charge in [-0.05, 0) is 36.8 Å². The molecule has 2 atom stereocenters. The van der Waals surface area contributed by atoms with E-state index in [1.807, 2.05) is 0 Å². The van der Waals surface area contributed by atoms with E-state index in [1.165, 1.54) is 28.9 Å². The number of alkyl halides is 3. The lowest BCUT2D eigenvalue weighted by Gasteiger charge is -2.37. The van der Waals surface area contributed by atoms with Crippen LogP contribution in [0.15, 0.2) is 54.6 Å². The van der Waals surface area contributed by atoms with Crippen LogP contribution in [0.25, 0.3) is 5.69 Å². The van der Waals surface area contributed by atoms with Crippen LogP contribution in [0.5, 0.6) is 0 Å². The Morgan fingerprint density at radius 3 is 2.30 bits per heavy atom. The maximum absolute atomic E-state index is 13.4. The van der Waals surface area contributed by atoms with Crippen molar-refractivity contribution >= 4 is 11.7 Å². The highest BCUT2D eigenvalue weighted by molar-refractivity contribution is 6.01. The summed E-state index contributed by atoms with van der Waals surface area (Å²) in [5.41, 5.74) is 8.04. The number of aromatic nitrogens is 2. The standard InChI is InChI=1S/C21H18F4N4O/c1-12-16-17(13-7-9-14(22)10-8-13)18(26)20(30)28(11-21(23,24)25)19(16)29(27-12)15-5-3-2-4-6-15/h2-10,17-18H,11,26H2,1H3/t17-,18-/m0/s1. The van der Waals surface area contributed by atoms with Crippen LogP contribution < -0.4 is 10.6 Å². The maximum Gasteiger partial charge on any atom is 0.406 e. The minimum absolute atomic E-state index is 0.0250. The van der Waals surface area contributed by atoms with Crippen molar-refractivity contribution in [2.45, 2.75) is 25.1 Å². The Morgan fingerprint density at radius 1 is 1.07 bits per heavy atom. The van der Waals surface area contributed by atoms with Gasteiger partial charge in [0.25, 0.3) is 0 Å². The Balaban J connectivity index is 1.97. The van der Waals surface area contributed by atoms with Gasteiger partial charge in [-0.1, -0.05) is 30.3 Å². The van der Waals surface area contributed by atoms with Crippen LogP contribution in [0.3, 0.4) is 0 Å². The van der Waals surface area contributed by atoms with Crippen LogP contribution in [0.1, 0.15) is 22.7 Å². The summed E-state index contributed by atoms with van der Waals surface area (Å²) in [6, 6.07) is 12.7. The lowest BCUT2D eigenvalue weighted by atomic mass is 9.81. The number of anilines is 1. The van der Waals surface area contributed by atoms with Crippen LogP contribution in [-0.4, -0.2) is 34.5 Å². The Morgan fingerprint density at radius 2 is 1.70 bits per heavy atom. The molecule has 3 aromatic rings. The molecular weight excluding hydrogens is 400 g/mol.